The molecule has 0 saturated carbocycles. The summed E-state index contributed by atoms with van der Waals surface area (Å²) >= 11 is 0. The molecule has 1 spiro atoms. The van der Waals surface area contributed by atoms with Gasteiger partial charge in [0.05, 0.1) is 11.1 Å². The van der Waals surface area contributed by atoms with Crippen LogP contribution < -0.4 is 4.90 Å². The van der Waals surface area contributed by atoms with Gasteiger partial charge in [-0.15, -0.1) is 0 Å². The van der Waals surface area contributed by atoms with E-state index < -0.39 is 28.9 Å². The molecule has 1 fully saturated rings. The van der Waals surface area contributed by atoms with E-state index >= 15 is 0 Å². The normalized spacial score (nSPS) is 21.5. The second-order valence-electron chi connectivity index (χ2n) is 8.34. The maximum absolute atomic E-state index is 13.3. The van der Waals surface area contributed by atoms with E-state index in [2.05, 4.69) is 0 Å². The maximum atomic E-state index is 13.3. The van der Waals surface area contributed by atoms with E-state index in [1.165, 1.54) is 25.1 Å². The first-order valence-electron chi connectivity index (χ1n) is 9.78. The van der Waals surface area contributed by atoms with Crippen LogP contribution in [0.15, 0.2) is 42.5 Å². The number of anilines is 2. The standard InChI is InChI=1S/C22H20F6N2O/c1-14(31)29-9-8-20(12-29)11-15-10-17(22(26,27)28)4-7-19(15)30(13-20)18-5-2-16(3-6-18)21(23,24)25/h2-7,10H,8-9,11-13H2,1H3. The summed E-state index contributed by atoms with van der Waals surface area (Å²) in [7, 11) is 0. The van der Waals surface area contributed by atoms with Crippen LogP contribution in [-0.4, -0.2) is 30.4 Å². The number of amides is 1. The molecule has 1 saturated heterocycles. The van der Waals surface area contributed by atoms with Crippen LogP contribution in [0.3, 0.4) is 0 Å². The SMILES string of the molecule is CC(=O)N1CCC2(Cc3cc(C(F)(F)F)ccc3N(c3ccc(C(F)(F)F)cc3)C2)C1. The minimum Gasteiger partial charge on any atom is -0.342 e. The Kier molecular flexibility index (Phi) is 4.98. The Morgan fingerprint density at radius 3 is 2.06 bits per heavy atom. The van der Waals surface area contributed by atoms with Crippen LogP contribution in [0.4, 0.5) is 37.7 Å². The van der Waals surface area contributed by atoms with Gasteiger partial charge in [0.25, 0.3) is 0 Å². The van der Waals surface area contributed by atoms with Gasteiger partial charge in [-0.05, 0) is 60.9 Å². The first-order chi connectivity index (χ1) is 14.4. The molecule has 2 aliphatic heterocycles. The molecule has 31 heavy (non-hydrogen) atoms. The van der Waals surface area contributed by atoms with Crippen LogP contribution >= 0.6 is 0 Å². The predicted molar refractivity (Wildman–Crippen MR) is 103 cm³/mol. The Balaban J connectivity index is 1.77. The number of likely N-dealkylation sites (tertiary alicyclic amines) is 1. The molecular formula is C22H20F6N2O. The third-order valence-corrected chi connectivity index (χ3v) is 6.15. The summed E-state index contributed by atoms with van der Waals surface area (Å²) in [4.78, 5) is 15.3. The van der Waals surface area contributed by atoms with Crippen molar-refractivity contribution in [2.45, 2.75) is 32.1 Å². The molecule has 166 valence electrons. The van der Waals surface area contributed by atoms with Gasteiger partial charge in [-0.2, -0.15) is 26.3 Å². The zero-order valence-corrected chi connectivity index (χ0v) is 16.6. The number of halogens is 6. The van der Waals surface area contributed by atoms with Gasteiger partial charge in [-0.25, -0.2) is 0 Å². The average Bonchev–Trinajstić information content (AvgIpc) is 3.09. The van der Waals surface area contributed by atoms with E-state index in [0.29, 0.717) is 49.4 Å². The fourth-order valence-corrected chi connectivity index (χ4v) is 4.59. The lowest BCUT2D eigenvalue weighted by Gasteiger charge is -2.43. The fourth-order valence-electron chi connectivity index (χ4n) is 4.59. The molecule has 2 heterocycles. The van der Waals surface area contributed by atoms with E-state index in [1.54, 1.807) is 9.80 Å². The van der Waals surface area contributed by atoms with Crippen molar-refractivity contribution >= 4 is 17.3 Å². The van der Waals surface area contributed by atoms with Crippen molar-refractivity contribution in [1.29, 1.82) is 0 Å². The van der Waals surface area contributed by atoms with E-state index in [1.807, 2.05) is 0 Å². The Bertz CT molecular complexity index is 999. The van der Waals surface area contributed by atoms with Crippen LogP contribution in [0.2, 0.25) is 0 Å². The van der Waals surface area contributed by atoms with Gasteiger partial charge in [0.15, 0.2) is 0 Å². The van der Waals surface area contributed by atoms with E-state index in [0.717, 1.165) is 24.3 Å². The minimum absolute atomic E-state index is 0.104. The Morgan fingerprint density at radius 2 is 1.52 bits per heavy atom. The molecule has 0 aliphatic carbocycles. The van der Waals surface area contributed by atoms with Gasteiger partial charge in [0.2, 0.25) is 5.91 Å². The molecule has 1 amide bonds. The fraction of sp³-hybridized carbons (Fsp3) is 0.409. The number of carbonyl (C=O) groups is 1. The second kappa shape index (κ2) is 7.17. The summed E-state index contributed by atoms with van der Waals surface area (Å²) in [5.74, 6) is -0.104. The van der Waals surface area contributed by atoms with Crippen molar-refractivity contribution in [3.63, 3.8) is 0 Å². The molecule has 1 atom stereocenters. The van der Waals surface area contributed by atoms with Gasteiger partial charge in [-0.3, -0.25) is 4.79 Å². The van der Waals surface area contributed by atoms with Crippen molar-refractivity contribution < 1.29 is 31.1 Å². The molecule has 3 nitrogen and oxygen atoms in total. The third kappa shape index (κ3) is 4.09. The van der Waals surface area contributed by atoms with Crippen LogP contribution in [-0.2, 0) is 23.6 Å². The largest absolute Gasteiger partial charge is 0.416 e. The molecule has 2 aromatic rings. The number of alkyl halides is 6. The van der Waals surface area contributed by atoms with Crippen molar-refractivity contribution in [3.05, 3.63) is 59.2 Å². The van der Waals surface area contributed by atoms with Crippen LogP contribution in [0.5, 0.6) is 0 Å². The highest BCUT2D eigenvalue weighted by atomic mass is 19.4. The molecule has 1 unspecified atom stereocenters. The number of rotatable bonds is 1. The number of hydrogen-bond acceptors (Lipinski definition) is 2. The summed E-state index contributed by atoms with van der Waals surface area (Å²) in [5.41, 5.74) is -0.539. The van der Waals surface area contributed by atoms with Gasteiger partial charge in [-0.1, -0.05) is 0 Å². The quantitative estimate of drug-likeness (QED) is 0.533. The van der Waals surface area contributed by atoms with Gasteiger partial charge in [0.1, 0.15) is 0 Å². The van der Waals surface area contributed by atoms with Gasteiger partial charge >= 0.3 is 12.4 Å². The first kappa shape index (κ1) is 21.5. The molecule has 2 aliphatic rings. The van der Waals surface area contributed by atoms with Crippen molar-refractivity contribution in [2.24, 2.45) is 5.41 Å². The molecular weight excluding hydrogens is 422 g/mol. The highest BCUT2D eigenvalue weighted by Gasteiger charge is 2.45. The lowest BCUT2D eigenvalue weighted by atomic mass is 9.76. The average molecular weight is 442 g/mol. The van der Waals surface area contributed by atoms with Crippen molar-refractivity contribution in [1.82, 2.24) is 4.90 Å². The summed E-state index contributed by atoms with van der Waals surface area (Å²) in [6.45, 7) is 2.76. The zero-order valence-electron chi connectivity index (χ0n) is 16.6. The molecule has 2 aromatic carbocycles. The van der Waals surface area contributed by atoms with Crippen LogP contribution in [0.1, 0.15) is 30.0 Å². The summed E-state index contributed by atoms with van der Waals surface area (Å²) in [6.07, 6.45) is -8.00. The van der Waals surface area contributed by atoms with Gasteiger partial charge < -0.3 is 9.80 Å². The number of nitrogens with zero attached hydrogens (tertiary/aromatic N) is 2. The highest BCUT2D eigenvalue weighted by molar-refractivity contribution is 5.74. The van der Waals surface area contributed by atoms with Crippen molar-refractivity contribution in [2.75, 3.05) is 24.5 Å². The van der Waals surface area contributed by atoms with Crippen molar-refractivity contribution in [3.8, 4) is 0 Å². The number of hydrogen-bond donors (Lipinski definition) is 0. The second-order valence-corrected chi connectivity index (χ2v) is 8.34. The highest BCUT2D eigenvalue weighted by Crippen LogP contribution is 2.47. The Morgan fingerprint density at radius 1 is 0.903 bits per heavy atom. The summed E-state index contributed by atoms with van der Waals surface area (Å²) < 4.78 is 78.8. The van der Waals surface area contributed by atoms with Crippen LogP contribution in [0, 0.1) is 5.41 Å². The number of fused-ring (bicyclic) bond motifs is 1. The van der Waals surface area contributed by atoms with E-state index in [4.69, 9.17) is 0 Å². The first-order valence-corrected chi connectivity index (χ1v) is 9.78. The van der Waals surface area contributed by atoms with Gasteiger partial charge in [0, 0.05) is 43.3 Å². The lowest BCUT2D eigenvalue weighted by Crippen LogP contribution is -2.44. The zero-order chi connectivity index (χ0) is 22.6. The molecule has 0 bridgehead atoms. The number of benzene rings is 2. The third-order valence-electron chi connectivity index (χ3n) is 6.15. The molecule has 9 heteroatoms. The predicted octanol–water partition coefficient (Wildman–Crippen LogP) is 5.66. The molecule has 0 N–H and O–H groups in total. The number of carbonyl (C=O) groups excluding carboxylic acids is 1. The monoisotopic (exact) mass is 442 g/mol. The summed E-state index contributed by atoms with van der Waals surface area (Å²) in [5, 5.41) is 0. The minimum atomic E-state index is -4.50. The summed E-state index contributed by atoms with van der Waals surface area (Å²) in [6, 6.07) is 8.09. The topological polar surface area (TPSA) is 23.6 Å². The Labute approximate surface area is 175 Å². The smallest absolute Gasteiger partial charge is 0.342 e. The molecule has 4 rings (SSSR count). The maximum Gasteiger partial charge on any atom is 0.416 e. The van der Waals surface area contributed by atoms with E-state index in [-0.39, 0.29) is 5.91 Å². The molecule has 0 radical (unpaired) electrons. The molecule has 0 aromatic heterocycles. The van der Waals surface area contributed by atoms with Crippen LogP contribution in [0.25, 0.3) is 0 Å². The van der Waals surface area contributed by atoms with E-state index in [9.17, 15) is 31.1 Å². The Hall–Kier alpha value is -2.71. The lowest BCUT2D eigenvalue weighted by molar-refractivity contribution is -0.138.